The molecule has 10 rings (SSSR count). The molecule has 0 aliphatic carbocycles. The van der Waals surface area contributed by atoms with E-state index in [1.807, 2.05) is 54.6 Å². The van der Waals surface area contributed by atoms with Gasteiger partial charge in [-0.3, -0.25) is 0 Å². The highest BCUT2D eigenvalue weighted by molar-refractivity contribution is 5.99. The average Bonchev–Trinajstić information content (AvgIpc) is 3.95. The number of hydrogen-bond donors (Lipinski definition) is 0. The monoisotopic (exact) mass is 702 g/mol. The minimum atomic E-state index is 0.490. The van der Waals surface area contributed by atoms with E-state index in [9.17, 15) is 0 Å². The van der Waals surface area contributed by atoms with E-state index >= 15 is 0 Å². The number of fused-ring (bicyclic) bond motifs is 3. The fraction of sp³-hybridized carbons (Fsp3) is 0.0667. The zero-order chi connectivity index (χ0) is 36.3. The summed E-state index contributed by atoms with van der Waals surface area (Å²) in [5.41, 5.74) is 15.5. The van der Waals surface area contributed by atoms with E-state index in [-0.39, 0.29) is 0 Å². The lowest BCUT2D eigenvalue weighted by atomic mass is 9.78. The molecule has 258 valence electrons. The van der Waals surface area contributed by atoms with Gasteiger partial charge in [-0.05, 0) is 125 Å². The standard InChI is InChI=1S/C45H30N6O3/c1-25-37(28-13-4-7-16-31(28)40-49-34-19-10-22-46-43(34)52-40)26(2)39(30-15-6-9-18-33(30)42-51-36-21-12-24-48-45(36)54-42)27(3)38(25)29-14-5-8-17-32(29)41-50-35-20-11-23-47-44(35)53-41/h4-24H,1-3H3. The Hall–Kier alpha value is -7.26. The molecule has 0 fully saturated rings. The molecule has 6 aromatic heterocycles. The molecule has 0 amide bonds. The van der Waals surface area contributed by atoms with Crippen LogP contribution in [-0.4, -0.2) is 29.9 Å². The molecule has 0 spiro atoms. The molecule has 0 saturated heterocycles. The summed E-state index contributed by atoms with van der Waals surface area (Å²) in [6.07, 6.45) is 5.14. The maximum atomic E-state index is 6.29. The first-order chi connectivity index (χ1) is 26.5. The molecular formula is C45H30N6O3. The molecule has 54 heavy (non-hydrogen) atoms. The second kappa shape index (κ2) is 12.5. The van der Waals surface area contributed by atoms with Crippen molar-refractivity contribution in [3.8, 4) is 67.7 Å². The van der Waals surface area contributed by atoms with Crippen LogP contribution >= 0.6 is 0 Å². The highest BCUT2D eigenvalue weighted by Gasteiger charge is 2.27. The Labute approximate surface area is 309 Å². The van der Waals surface area contributed by atoms with E-state index < -0.39 is 0 Å². The first-order valence-corrected chi connectivity index (χ1v) is 17.6. The number of hydrogen-bond acceptors (Lipinski definition) is 9. The third-order valence-corrected chi connectivity index (χ3v) is 10.0. The number of pyridine rings is 3. The Bertz CT molecular complexity index is 2620. The topological polar surface area (TPSA) is 117 Å². The van der Waals surface area contributed by atoms with Crippen LogP contribution in [0.3, 0.4) is 0 Å². The van der Waals surface area contributed by atoms with Crippen molar-refractivity contribution in [1.29, 1.82) is 0 Å². The lowest BCUT2D eigenvalue weighted by Gasteiger charge is -2.25. The first-order valence-electron chi connectivity index (χ1n) is 17.6. The zero-order valence-corrected chi connectivity index (χ0v) is 29.5. The van der Waals surface area contributed by atoms with Gasteiger partial charge in [-0.25, -0.2) is 29.9 Å². The molecule has 0 aliphatic heterocycles. The molecule has 0 saturated carbocycles. The van der Waals surface area contributed by atoms with Crippen LogP contribution in [0.25, 0.3) is 101 Å². The minimum Gasteiger partial charge on any atom is -0.418 e. The van der Waals surface area contributed by atoms with Crippen molar-refractivity contribution >= 4 is 33.7 Å². The van der Waals surface area contributed by atoms with Gasteiger partial charge in [0.05, 0.1) is 0 Å². The van der Waals surface area contributed by atoms with Crippen LogP contribution in [0.15, 0.2) is 141 Å². The zero-order valence-electron chi connectivity index (χ0n) is 29.5. The summed E-state index contributed by atoms with van der Waals surface area (Å²) in [5, 5.41) is 0. The van der Waals surface area contributed by atoms with Crippen molar-refractivity contribution in [2.45, 2.75) is 20.8 Å². The molecule has 0 N–H and O–H groups in total. The van der Waals surface area contributed by atoms with Gasteiger partial charge in [0.25, 0.3) is 0 Å². The SMILES string of the molecule is Cc1c(-c2ccccc2-c2nc3cccnc3o2)c(C)c(-c2ccccc2-c2nc3cccnc3o2)c(C)c1-c1ccccc1-c1nc2cccnc2o1. The van der Waals surface area contributed by atoms with Crippen LogP contribution in [0.5, 0.6) is 0 Å². The highest BCUT2D eigenvalue weighted by Crippen LogP contribution is 2.49. The predicted molar refractivity (Wildman–Crippen MR) is 209 cm³/mol. The maximum absolute atomic E-state index is 6.29. The average molecular weight is 703 g/mol. The predicted octanol–water partition coefficient (Wildman–Crippen LogP) is 11.2. The summed E-state index contributed by atoms with van der Waals surface area (Å²) in [7, 11) is 0. The first kappa shape index (κ1) is 31.5. The third kappa shape index (κ3) is 5.01. The van der Waals surface area contributed by atoms with E-state index in [0.29, 0.717) is 51.4 Å². The van der Waals surface area contributed by atoms with Crippen molar-refractivity contribution in [3.05, 3.63) is 144 Å². The number of rotatable bonds is 6. The van der Waals surface area contributed by atoms with Crippen molar-refractivity contribution < 1.29 is 13.3 Å². The smallest absolute Gasteiger partial charge is 0.247 e. The van der Waals surface area contributed by atoms with Crippen molar-refractivity contribution in [3.63, 3.8) is 0 Å². The summed E-state index contributed by atoms with van der Waals surface area (Å²) in [5.74, 6) is 1.50. The van der Waals surface area contributed by atoms with Crippen LogP contribution in [0.2, 0.25) is 0 Å². The van der Waals surface area contributed by atoms with E-state index in [1.165, 1.54) is 0 Å². The van der Waals surface area contributed by atoms with Crippen LogP contribution in [0.1, 0.15) is 16.7 Å². The molecule has 9 heteroatoms. The second-order valence-electron chi connectivity index (χ2n) is 13.2. The normalized spacial score (nSPS) is 11.6. The van der Waals surface area contributed by atoms with Gasteiger partial charge in [0, 0.05) is 35.3 Å². The van der Waals surface area contributed by atoms with Gasteiger partial charge in [-0.2, -0.15) is 0 Å². The molecule has 6 heterocycles. The summed E-state index contributed by atoms with van der Waals surface area (Å²) < 4.78 is 18.9. The van der Waals surface area contributed by atoms with Gasteiger partial charge in [0.2, 0.25) is 34.8 Å². The molecule has 0 aliphatic rings. The summed E-state index contributed by atoms with van der Waals surface area (Å²) in [6, 6.07) is 36.1. The van der Waals surface area contributed by atoms with Crippen molar-refractivity contribution in [1.82, 2.24) is 29.9 Å². The molecular weight excluding hydrogens is 673 g/mol. The number of benzene rings is 4. The van der Waals surface area contributed by atoms with Crippen LogP contribution < -0.4 is 0 Å². The summed E-state index contributed by atoms with van der Waals surface area (Å²) >= 11 is 0. The number of aromatic nitrogens is 6. The fourth-order valence-electron chi connectivity index (χ4n) is 7.75. The molecule has 0 bridgehead atoms. The summed E-state index contributed by atoms with van der Waals surface area (Å²) in [4.78, 5) is 27.9. The van der Waals surface area contributed by atoms with Crippen LogP contribution in [0.4, 0.5) is 0 Å². The van der Waals surface area contributed by atoms with Crippen LogP contribution in [0, 0.1) is 20.8 Å². The maximum Gasteiger partial charge on any atom is 0.247 e. The molecule has 0 unspecified atom stereocenters. The van der Waals surface area contributed by atoms with Gasteiger partial charge >= 0.3 is 0 Å². The molecule has 4 aromatic carbocycles. The molecule has 0 atom stereocenters. The van der Waals surface area contributed by atoms with E-state index in [2.05, 4.69) is 90.3 Å². The van der Waals surface area contributed by atoms with Gasteiger partial charge in [0.1, 0.15) is 16.6 Å². The van der Waals surface area contributed by atoms with Gasteiger partial charge in [-0.1, -0.05) is 54.6 Å². The molecule has 10 aromatic rings. The largest absolute Gasteiger partial charge is 0.418 e. The Morgan fingerprint density at radius 3 is 0.889 bits per heavy atom. The third-order valence-electron chi connectivity index (χ3n) is 10.0. The fourth-order valence-corrected chi connectivity index (χ4v) is 7.75. The van der Waals surface area contributed by atoms with Crippen molar-refractivity contribution in [2.75, 3.05) is 0 Å². The lowest BCUT2D eigenvalue weighted by molar-refractivity contribution is 0.607. The molecule has 0 radical (unpaired) electrons. The van der Waals surface area contributed by atoms with E-state index in [1.54, 1.807) is 18.6 Å². The second-order valence-corrected chi connectivity index (χ2v) is 13.2. The van der Waals surface area contributed by atoms with E-state index in [0.717, 1.165) is 66.8 Å². The van der Waals surface area contributed by atoms with Crippen LogP contribution in [-0.2, 0) is 0 Å². The Morgan fingerprint density at radius 2 is 0.611 bits per heavy atom. The highest BCUT2D eigenvalue weighted by atomic mass is 16.4. The van der Waals surface area contributed by atoms with Gasteiger partial charge < -0.3 is 13.3 Å². The summed E-state index contributed by atoms with van der Waals surface area (Å²) in [6.45, 7) is 6.55. The molecule has 9 nitrogen and oxygen atoms in total. The number of nitrogens with zero attached hydrogens (tertiary/aromatic N) is 6. The Balaban J connectivity index is 1.28. The van der Waals surface area contributed by atoms with E-state index in [4.69, 9.17) is 28.2 Å². The number of oxazole rings is 3. The Morgan fingerprint density at radius 1 is 0.333 bits per heavy atom. The minimum absolute atomic E-state index is 0.490. The van der Waals surface area contributed by atoms with Gasteiger partial charge in [-0.15, -0.1) is 0 Å². The lowest BCUT2D eigenvalue weighted by Crippen LogP contribution is -2.03. The van der Waals surface area contributed by atoms with Crippen molar-refractivity contribution in [2.24, 2.45) is 0 Å². The quantitative estimate of drug-likeness (QED) is 0.167. The van der Waals surface area contributed by atoms with Gasteiger partial charge in [0.15, 0.2) is 0 Å². The Kier molecular flexibility index (Phi) is 7.26.